The first-order valence-electron chi connectivity index (χ1n) is 7.19. The normalized spacial score (nSPS) is 11.2. The van der Waals surface area contributed by atoms with Gasteiger partial charge in [-0.1, -0.05) is 23.7 Å². The number of halogens is 1. The first-order chi connectivity index (χ1) is 11.6. The van der Waals surface area contributed by atoms with Gasteiger partial charge in [-0.05, 0) is 49.2 Å². The molecular formula is C17H16ClNO5S. The molecule has 0 spiro atoms. The van der Waals surface area contributed by atoms with Gasteiger partial charge in [-0.25, -0.2) is 18.4 Å². The number of aryl methyl sites for hydroxylation is 2. The van der Waals surface area contributed by atoms with Gasteiger partial charge in [0.1, 0.15) is 0 Å². The molecule has 0 bridgehead atoms. The second kappa shape index (κ2) is 7.35. The Morgan fingerprint density at radius 2 is 1.76 bits per heavy atom. The molecule has 132 valence electrons. The summed E-state index contributed by atoms with van der Waals surface area (Å²) in [6.07, 6.45) is 0. The number of carbonyl (C=O) groups is 2. The number of hydrogen-bond acceptors (Lipinski definition) is 5. The fraction of sp³-hybridized carbons (Fsp3) is 0.176. The van der Waals surface area contributed by atoms with Crippen LogP contribution in [-0.2, 0) is 14.8 Å². The number of ketones is 1. The number of esters is 1. The van der Waals surface area contributed by atoms with Crippen molar-refractivity contribution in [2.45, 2.75) is 18.7 Å². The first kappa shape index (κ1) is 19.1. The van der Waals surface area contributed by atoms with Crippen molar-refractivity contribution >= 4 is 33.4 Å². The molecule has 25 heavy (non-hydrogen) atoms. The summed E-state index contributed by atoms with van der Waals surface area (Å²) < 4.78 is 27.7. The predicted octanol–water partition coefficient (Wildman–Crippen LogP) is 2.64. The monoisotopic (exact) mass is 381 g/mol. The third-order valence-electron chi connectivity index (χ3n) is 3.65. The number of rotatable bonds is 5. The number of hydrogen-bond donors (Lipinski definition) is 1. The van der Waals surface area contributed by atoms with Gasteiger partial charge in [-0.15, -0.1) is 0 Å². The zero-order chi connectivity index (χ0) is 18.8. The highest BCUT2D eigenvalue weighted by atomic mass is 35.5. The maximum Gasteiger partial charge on any atom is 0.340 e. The van der Waals surface area contributed by atoms with Crippen molar-refractivity contribution in [1.29, 1.82) is 0 Å². The van der Waals surface area contributed by atoms with Crippen LogP contribution in [0.1, 0.15) is 31.8 Å². The van der Waals surface area contributed by atoms with Crippen LogP contribution in [0.4, 0.5) is 0 Å². The molecule has 6 nitrogen and oxygen atoms in total. The lowest BCUT2D eigenvalue weighted by atomic mass is 10.0. The number of sulfonamides is 1. The van der Waals surface area contributed by atoms with E-state index in [0.717, 1.165) is 17.2 Å². The molecule has 0 amide bonds. The van der Waals surface area contributed by atoms with Crippen LogP contribution in [0.25, 0.3) is 0 Å². The second-order valence-corrected chi connectivity index (χ2v) is 7.45. The van der Waals surface area contributed by atoms with Gasteiger partial charge in [0.2, 0.25) is 10.0 Å². The summed E-state index contributed by atoms with van der Waals surface area (Å²) in [7, 11) is -3.99. The van der Waals surface area contributed by atoms with E-state index in [1.165, 1.54) is 12.1 Å². The predicted molar refractivity (Wildman–Crippen MR) is 93.4 cm³/mol. The minimum Gasteiger partial charge on any atom is -0.454 e. The van der Waals surface area contributed by atoms with E-state index < -0.39 is 22.6 Å². The number of Topliss-reactive ketones (excluding diaryl/α,β-unsaturated/α-hetero) is 1. The van der Waals surface area contributed by atoms with Crippen molar-refractivity contribution in [3.63, 3.8) is 0 Å². The molecule has 2 aromatic carbocycles. The molecule has 0 heterocycles. The molecule has 0 radical (unpaired) electrons. The fourth-order valence-corrected chi connectivity index (χ4v) is 2.78. The molecule has 0 fully saturated rings. The Labute approximate surface area is 150 Å². The summed E-state index contributed by atoms with van der Waals surface area (Å²) in [6.45, 7) is 3.30. The molecule has 0 unspecified atom stereocenters. The van der Waals surface area contributed by atoms with Gasteiger partial charge in [0, 0.05) is 5.56 Å². The highest BCUT2D eigenvalue weighted by Gasteiger charge is 2.18. The van der Waals surface area contributed by atoms with Gasteiger partial charge in [0.15, 0.2) is 12.4 Å². The van der Waals surface area contributed by atoms with Gasteiger partial charge in [0.25, 0.3) is 0 Å². The van der Waals surface area contributed by atoms with Crippen LogP contribution in [0.5, 0.6) is 0 Å². The topological polar surface area (TPSA) is 104 Å². The minimum atomic E-state index is -3.99. The molecule has 0 aromatic heterocycles. The van der Waals surface area contributed by atoms with E-state index in [2.05, 4.69) is 0 Å². The van der Waals surface area contributed by atoms with E-state index in [1.54, 1.807) is 18.2 Å². The van der Waals surface area contributed by atoms with Gasteiger partial charge >= 0.3 is 5.97 Å². The fourth-order valence-electron chi connectivity index (χ4n) is 2.04. The van der Waals surface area contributed by atoms with E-state index in [-0.39, 0.29) is 21.3 Å². The summed E-state index contributed by atoms with van der Waals surface area (Å²) in [4.78, 5) is 24.0. The lowest BCUT2D eigenvalue weighted by Crippen LogP contribution is -2.16. The molecule has 0 aliphatic rings. The summed E-state index contributed by atoms with van der Waals surface area (Å²) in [5, 5.41) is 5.02. The van der Waals surface area contributed by atoms with E-state index in [0.29, 0.717) is 5.56 Å². The van der Waals surface area contributed by atoms with Gasteiger partial charge in [0.05, 0.1) is 15.5 Å². The van der Waals surface area contributed by atoms with Crippen molar-refractivity contribution < 1.29 is 22.7 Å². The summed E-state index contributed by atoms with van der Waals surface area (Å²) >= 11 is 5.89. The van der Waals surface area contributed by atoms with Crippen molar-refractivity contribution in [3.8, 4) is 0 Å². The molecule has 2 aromatic rings. The molecular weight excluding hydrogens is 366 g/mol. The van der Waals surface area contributed by atoms with Crippen molar-refractivity contribution in [2.75, 3.05) is 6.61 Å². The molecule has 2 rings (SSSR count). The Bertz CT molecular complexity index is 954. The van der Waals surface area contributed by atoms with E-state index in [4.69, 9.17) is 21.5 Å². The third-order valence-corrected chi connectivity index (χ3v) is 4.89. The van der Waals surface area contributed by atoms with E-state index in [1.807, 2.05) is 13.8 Å². The van der Waals surface area contributed by atoms with E-state index >= 15 is 0 Å². The molecule has 8 heteroatoms. The van der Waals surface area contributed by atoms with Gasteiger partial charge in [-0.3, -0.25) is 4.79 Å². The van der Waals surface area contributed by atoms with Crippen LogP contribution < -0.4 is 5.14 Å². The number of carbonyl (C=O) groups excluding carboxylic acids is 2. The van der Waals surface area contributed by atoms with Crippen LogP contribution in [0.2, 0.25) is 5.02 Å². The number of nitrogens with two attached hydrogens (primary N) is 1. The van der Waals surface area contributed by atoms with Crippen LogP contribution in [-0.4, -0.2) is 26.8 Å². The summed E-state index contributed by atoms with van der Waals surface area (Å²) in [6, 6.07) is 8.57. The Balaban J connectivity index is 2.14. The average molecular weight is 382 g/mol. The standard InChI is InChI=1S/C17H16ClNO5S/c1-10-3-4-12(7-11(10)2)16(20)9-24-17(21)14-8-13(25(19,22)23)5-6-15(14)18/h3-8H,9H2,1-2H3,(H2,19,22,23). The maximum absolute atomic E-state index is 12.1. The zero-order valence-electron chi connectivity index (χ0n) is 13.6. The number of benzene rings is 2. The molecule has 0 aliphatic heterocycles. The summed E-state index contributed by atoms with van der Waals surface area (Å²) in [5.74, 6) is -1.29. The Morgan fingerprint density at radius 3 is 2.36 bits per heavy atom. The smallest absolute Gasteiger partial charge is 0.340 e. The summed E-state index contributed by atoms with van der Waals surface area (Å²) in [5.41, 5.74) is 2.22. The zero-order valence-corrected chi connectivity index (χ0v) is 15.1. The van der Waals surface area contributed by atoms with Gasteiger partial charge in [-0.2, -0.15) is 0 Å². The van der Waals surface area contributed by atoms with Crippen LogP contribution in [0.15, 0.2) is 41.3 Å². The highest BCUT2D eigenvalue weighted by Crippen LogP contribution is 2.21. The van der Waals surface area contributed by atoms with Crippen LogP contribution in [0.3, 0.4) is 0 Å². The molecule has 0 saturated heterocycles. The van der Waals surface area contributed by atoms with E-state index in [9.17, 15) is 18.0 Å². The Hall–Kier alpha value is -2.22. The molecule has 2 N–H and O–H groups in total. The lowest BCUT2D eigenvalue weighted by molar-refractivity contribution is 0.0474. The largest absolute Gasteiger partial charge is 0.454 e. The Kier molecular flexibility index (Phi) is 5.62. The Morgan fingerprint density at radius 1 is 1.08 bits per heavy atom. The minimum absolute atomic E-state index is 0.00368. The molecule has 0 atom stereocenters. The maximum atomic E-state index is 12.1. The second-order valence-electron chi connectivity index (χ2n) is 5.49. The van der Waals surface area contributed by atoms with Gasteiger partial charge < -0.3 is 4.74 Å². The van der Waals surface area contributed by atoms with Crippen LogP contribution in [0, 0.1) is 13.8 Å². The SMILES string of the molecule is Cc1ccc(C(=O)COC(=O)c2cc(S(N)(=O)=O)ccc2Cl)cc1C. The van der Waals surface area contributed by atoms with Crippen molar-refractivity contribution in [2.24, 2.45) is 5.14 Å². The average Bonchev–Trinajstić information content (AvgIpc) is 2.54. The van der Waals surface area contributed by atoms with Crippen molar-refractivity contribution in [1.82, 2.24) is 0 Å². The van der Waals surface area contributed by atoms with Crippen molar-refractivity contribution in [3.05, 3.63) is 63.7 Å². The molecule has 0 saturated carbocycles. The third kappa shape index (κ3) is 4.66. The quantitative estimate of drug-likeness (QED) is 0.633. The lowest BCUT2D eigenvalue weighted by Gasteiger charge is -2.08. The first-order valence-corrected chi connectivity index (χ1v) is 9.12. The number of ether oxygens (including phenoxy) is 1. The highest BCUT2D eigenvalue weighted by molar-refractivity contribution is 7.89. The molecule has 0 aliphatic carbocycles. The number of primary sulfonamides is 1. The van der Waals surface area contributed by atoms with Crippen LogP contribution >= 0.6 is 11.6 Å².